The molecule has 5 heterocycles. The standard InChI is InChI=1S/C26H38F3N7O3/c1-24(2,3)39-23(38)35-13-11-33(12-14-35)18-16-36(17-18)20-15-19(30-22(31-20)26(27,28)29)34-9-7-25(8-10-34)6-5-21(37)32(25)4/h15,18H,5-14,16-17H2,1-4H3. The first kappa shape index (κ1) is 27.7. The maximum absolute atomic E-state index is 13.8. The number of hydrogen-bond acceptors (Lipinski definition) is 8. The first-order valence-electron chi connectivity index (χ1n) is 13.7. The molecule has 0 aliphatic carbocycles. The summed E-state index contributed by atoms with van der Waals surface area (Å²) in [5, 5.41) is 0. The molecule has 4 saturated heterocycles. The molecule has 0 N–H and O–H groups in total. The zero-order valence-corrected chi connectivity index (χ0v) is 23.1. The number of hydrogen-bond donors (Lipinski definition) is 0. The van der Waals surface area contributed by atoms with Crippen molar-refractivity contribution in [1.82, 2.24) is 24.7 Å². The minimum atomic E-state index is -4.65. The van der Waals surface area contributed by atoms with Gasteiger partial charge in [0.05, 0.1) is 0 Å². The van der Waals surface area contributed by atoms with Gasteiger partial charge in [-0.2, -0.15) is 13.2 Å². The first-order chi connectivity index (χ1) is 18.2. The van der Waals surface area contributed by atoms with Crippen molar-refractivity contribution in [3.63, 3.8) is 0 Å². The number of likely N-dealkylation sites (tertiary alicyclic amines) is 1. The molecule has 4 aliphatic heterocycles. The Kier molecular flexibility index (Phi) is 7.09. The SMILES string of the molecule is CN1C(=O)CCC12CCN(c1cc(N3CC(N4CCN(C(=O)OC(C)(C)C)CC4)C3)nc(C(F)(F)F)n1)CC2. The maximum atomic E-state index is 13.8. The second kappa shape index (κ2) is 9.97. The second-order valence-electron chi connectivity index (χ2n) is 12.1. The number of halogens is 3. The molecular formula is C26H38F3N7O3. The van der Waals surface area contributed by atoms with Crippen molar-refractivity contribution < 1.29 is 27.5 Å². The fourth-order valence-corrected chi connectivity index (χ4v) is 6.02. The van der Waals surface area contributed by atoms with Crippen LogP contribution in [0.25, 0.3) is 0 Å². The molecule has 4 fully saturated rings. The predicted octanol–water partition coefficient (Wildman–Crippen LogP) is 2.83. The van der Waals surface area contributed by atoms with Gasteiger partial charge in [0, 0.05) is 83.5 Å². The Balaban J connectivity index is 1.21. The lowest BCUT2D eigenvalue weighted by Gasteiger charge is -2.48. The molecule has 1 spiro atoms. The highest BCUT2D eigenvalue weighted by molar-refractivity contribution is 5.79. The summed E-state index contributed by atoms with van der Waals surface area (Å²) >= 11 is 0. The average molecular weight is 554 g/mol. The summed E-state index contributed by atoms with van der Waals surface area (Å²) in [6.07, 6.45) is -2.24. The van der Waals surface area contributed by atoms with Crippen molar-refractivity contribution in [2.75, 3.05) is 69.2 Å². The van der Waals surface area contributed by atoms with Crippen molar-refractivity contribution >= 4 is 23.6 Å². The molecule has 216 valence electrons. The van der Waals surface area contributed by atoms with Crippen LogP contribution in [-0.2, 0) is 15.7 Å². The Morgan fingerprint density at radius 3 is 2.05 bits per heavy atom. The molecular weight excluding hydrogens is 515 g/mol. The summed E-state index contributed by atoms with van der Waals surface area (Å²) in [4.78, 5) is 41.8. The predicted molar refractivity (Wildman–Crippen MR) is 139 cm³/mol. The van der Waals surface area contributed by atoms with Crippen LogP contribution in [0.5, 0.6) is 0 Å². The van der Waals surface area contributed by atoms with Crippen LogP contribution >= 0.6 is 0 Å². The normalized spacial score (nSPS) is 23.0. The van der Waals surface area contributed by atoms with Crippen LogP contribution in [0.2, 0.25) is 0 Å². The molecule has 0 bridgehead atoms. The van der Waals surface area contributed by atoms with Gasteiger partial charge < -0.3 is 24.3 Å². The van der Waals surface area contributed by atoms with E-state index < -0.39 is 17.6 Å². The van der Waals surface area contributed by atoms with E-state index in [2.05, 4.69) is 14.9 Å². The zero-order valence-electron chi connectivity index (χ0n) is 23.1. The van der Waals surface area contributed by atoms with E-state index in [0.29, 0.717) is 71.6 Å². The van der Waals surface area contributed by atoms with Gasteiger partial charge in [-0.05, 0) is 40.0 Å². The molecule has 10 nitrogen and oxygen atoms in total. The van der Waals surface area contributed by atoms with Gasteiger partial charge in [-0.3, -0.25) is 9.69 Å². The number of piperazine rings is 1. The molecule has 1 aromatic heterocycles. The minimum Gasteiger partial charge on any atom is -0.444 e. The molecule has 0 radical (unpaired) electrons. The summed E-state index contributed by atoms with van der Waals surface area (Å²) in [7, 11) is 1.83. The highest BCUT2D eigenvalue weighted by Gasteiger charge is 2.46. The van der Waals surface area contributed by atoms with Crippen LogP contribution in [0.1, 0.15) is 52.3 Å². The van der Waals surface area contributed by atoms with Crippen molar-refractivity contribution in [3.05, 3.63) is 11.9 Å². The Labute approximate surface area is 227 Å². The van der Waals surface area contributed by atoms with Gasteiger partial charge in [0.2, 0.25) is 11.7 Å². The van der Waals surface area contributed by atoms with Gasteiger partial charge in [0.15, 0.2) is 0 Å². The fraction of sp³-hybridized carbons (Fsp3) is 0.769. The smallest absolute Gasteiger partial charge is 0.444 e. The van der Waals surface area contributed by atoms with Crippen LogP contribution < -0.4 is 9.80 Å². The van der Waals surface area contributed by atoms with Gasteiger partial charge in [0.1, 0.15) is 17.2 Å². The third-order valence-electron chi connectivity index (χ3n) is 8.53. The highest BCUT2D eigenvalue weighted by atomic mass is 19.4. The van der Waals surface area contributed by atoms with Gasteiger partial charge >= 0.3 is 12.3 Å². The summed E-state index contributed by atoms with van der Waals surface area (Å²) in [5.74, 6) is -0.434. The highest BCUT2D eigenvalue weighted by Crippen LogP contribution is 2.40. The van der Waals surface area contributed by atoms with E-state index in [1.54, 1.807) is 11.0 Å². The second-order valence-corrected chi connectivity index (χ2v) is 12.1. The number of alkyl halides is 3. The molecule has 39 heavy (non-hydrogen) atoms. The molecule has 2 amide bonds. The first-order valence-corrected chi connectivity index (χ1v) is 13.7. The number of carbonyl (C=O) groups is 2. The lowest BCUT2D eigenvalue weighted by Crippen LogP contribution is -2.64. The van der Waals surface area contributed by atoms with Crippen LogP contribution in [0.15, 0.2) is 6.07 Å². The monoisotopic (exact) mass is 553 g/mol. The molecule has 0 aromatic carbocycles. The summed E-state index contributed by atoms with van der Waals surface area (Å²) in [6, 6.07) is 1.84. The number of ether oxygens (including phenoxy) is 1. The topological polar surface area (TPSA) is 85.4 Å². The summed E-state index contributed by atoms with van der Waals surface area (Å²) in [5.41, 5.74) is -0.746. The lowest BCUT2D eigenvalue weighted by molar-refractivity contribution is -0.144. The van der Waals surface area contributed by atoms with Gasteiger partial charge in [-0.1, -0.05) is 0 Å². The van der Waals surface area contributed by atoms with E-state index >= 15 is 0 Å². The number of anilines is 2. The lowest BCUT2D eigenvalue weighted by atomic mass is 9.85. The quantitative estimate of drug-likeness (QED) is 0.565. The third kappa shape index (κ3) is 5.73. The van der Waals surface area contributed by atoms with E-state index in [4.69, 9.17) is 4.74 Å². The third-order valence-corrected chi connectivity index (χ3v) is 8.53. The summed E-state index contributed by atoms with van der Waals surface area (Å²) < 4.78 is 46.7. The molecule has 5 rings (SSSR count). The van der Waals surface area contributed by atoms with Crippen LogP contribution in [0.4, 0.5) is 29.6 Å². The van der Waals surface area contributed by atoms with Gasteiger partial charge in [0.25, 0.3) is 0 Å². The van der Waals surface area contributed by atoms with Crippen LogP contribution in [0, 0.1) is 0 Å². The molecule has 4 aliphatic rings. The van der Waals surface area contributed by atoms with Gasteiger partial charge in [-0.15, -0.1) is 0 Å². The maximum Gasteiger partial charge on any atom is 0.451 e. The number of nitrogens with zero attached hydrogens (tertiary/aromatic N) is 7. The molecule has 1 aromatic rings. The largest absolute Gasteiger partial charge is 0.451 e. The Bertz CT molecular complexity index is 1090. The molecule has 0 saturated carbocycles. The van der Waals surface area contributed by atoms with E-state index in [1.807, 2.05) is 42.5 Å². The number of amides is 2. The molecule has 0 atom stereocenters. The minimum absolute atomic E-state index is 0.130. The number of piperidine rings is 1. The molecule has 13 heteroatoms. The summed E-state index contributed by atoms with van der Waals surface area (Å²) in [6.45, 7) is 10.2. The van der Waals surface area contributed by atoms with Crippen LogP contribution in [0.3, 0.4) is 0 Å². The van der Waals surface area contributed by atoms with E-state index in [-0.39, 0.29) is 35.2 Å². The van der Waals surface area contributed by atoms with Crippen LogP contribution in [-0.4, -0.2) is 113 Å². The van der Waals surface area contributed by atoms with E-state index in [0.717, 1.165) is 6.42 Å². The Morgan fingerprint density at radius 1 is 0.949 bits per heavy atom. The van der Waals surface area contributed by atoms with Crippen molar-refractivity contribution in [1.29, 1.82) is 0 Å². The molecule has 0 unspecified atom stereocenters. The number of carbonyl (C=O) groups excluding carboxylic acids is 2. The zero-order chi connectivity index (χ0) is 28.2. The van der Waals surface area contributed by atoms with E-state index in [9.17, 15) is 22.8 Å². The van der Waals surface area contributed by atoms with Crippen molar-refractivity contribution in [2.24, 2.45) is 0 Å². The van der Waals surface area contributed by atoms with Crippen molar-refractivity contribution in [2.45, 2.75) is 69.8 Å². The van der Waals surface area contributed by atoms with Gasteiger partial charge in [-0.25, -0.2) is 14.8 Å². The van der Waals surface area contributed by atoms with Crippen molar-refractivity contribution in [3.8, 4) is 0 Å². The Morgan fingerprint density at radius 2 is 1.54 bits per heavy atom. The number of rotatable bonds is 3. The average Bonchev–Trinajstić information content (AvgIpc) is 3.11. The number of aromatic nitrogens is 2. The Hall–Kier alpha value is -2.83. The fourth-order valence-electron chi connectivity index (χ4n) is 6.02. The van der Waals surface area contributed by atoms with E-state index in [1.165, 1.54) is 0 Å².